The summed E-state index contributed by atoms with van der Waals surface area (Å²) >= 11 is 0. The van der Waals surface area contributed by atoms with Crippen LogP contribution < -0.4 is 15.8 Å². The van der Waals surface area contributed by atoms with Crippen molar-refractivity contribution in [3.8, 4) is 5.75 Å². The van der Waals surface area contributed by atoms with Gasteiger partial charge in [-0.1, -0.05) is 13.8 Å². The topological polar surface area (TPSA) is 73.6 Å². The smallest absolute Gasteiger partial charge is 0.245 e. The molecular weight excluding hydrogens is 335 g/mol. The van der Waals surface area contributed by atoms with Gasteiger partial charge < -0.3 is 20.5 Å². The number of benzene rings is 1. The number of amides is 1. The van der Waals surface area contributed by atoms with Crippen LogP contribution in [0.15, 0.2) is 18.2 Å². The SMILES string of the molecule is CCOC1CC(N)(C(=O)Nc2ccc(OC3CCCC3)c(F)c2)C1(C)C. The maximum absolute atomic E-state index is 14.3. The average molecular weight is 364 g/mol. The predicted octanol–water partition coefficient (Wildman–Crippen LogP) is 3.62. The molecule has 0 aromatic heterocycles. The van der Waals surface area contributed by atoms with Crippen LogP contribution in [0.2, 0.25) is 0 Å². The number of hydrogen-bond donors (Lipinski definition) is 2. The molecule has 3 rings (SSSR count). The molecule has 2 atom stereocenters. The van der Waals surface area contributed by atoms with Crippen LogP contribution in [0.25, 0.3) is 0 Å². The van der Waals surface area contributed by atoms with Gasteiger partial charge in [-0.3, -0.25) is 4.79 Å². The summed E-state index contributed by atoms with van der Waals surface area (Å²) in [5.41, 5.74) is 5.21. The van der Waals surface area contributed by atoms with Gasteiger partial charge in [0.15, 0.2) is 11.6 Å². The first kappa shape index (κ1) is 19.1. The van der Waals surface area contributed by atoms with E-state index in [-0.39, 0.29) is 23.9 Å². The zero-order valence-corrected chi connectivity index (χ0v) is 15.8. The summed E-state index contributed by atoms with van der Waals surface area (Å²) in [7, 11) is 0. The second-order valence-electron chi connectivity index (χ2n) is 7.96. The van der Waals surface area contributed by atoms with Gasteiger partial charge in [0.05, 0.1) is 12.2 Å². The van der Waals surface area contributed by atoms with Crippen LogP contribution in [-0.4, -0.2) is 30.3 Å². The normalized spacial score (nSPS) is 27.8. The lowest BCUT2D eigenvalue weighted by Crippen LogP contribution is -2.74. The molecule has 1 aromatic rings. The number of nitrogens with two attached hydrogens (primary N) is 1. The summed E-state index contributed by atoms with van der Waals surface area (Å²) in [6.45, 7) is 6.36. The van der Waals surface area contributed by atoms with Gasteiger partial charge in [-0.2, -0.15) is 0 Å². The first-order chi connectivity index (χ1) is 12.3. The van der Waals surface area contributed by atoms with E-state index in [0.717, 1.165) is 25.7 Å². The van der Waals surface area contributed by atoms with E-state index in [9.17, 15) is 9.18 Å². The van der Waals surface area contributed by atoms with Crippen LogP contribution in [0, 0.1) is 11.2 Å². The van der Waals surface area contributed by atoms with Crippen molar-refractivity contribution in [3.05, 3.63) is 24.0 Å². The van der Waals surface area contributed by atoms with E-state index < -0.39 is 16.8 Å². The largest absolute Gasteiger partial charge is 0.487 e. The number of nitrogens with one attached hydrogen (secondary N) is 1. The Morgan fingerprint density at radius 1 is 1.35 bits per heavy atom. The Bertz CT molecular complexity index is 673. The minimum Gasteiger partial charge on any atom is -0.487 e. The molecule has 0 bridgehead atoms. The molecule has 0 spiro atoms. The molecule has 0 saturated heterocycles. The van der Waals surface area contributed by atoms with Crippen molar-refractivity contribution in [3.63, 3.8) is 0 Å². The Morgan fingerprint density at radius 3 is 2.62 bits per heavy atom. The van der Waals surface area contributed by atoms with Crippen LogP contribution in [-0.2, 0) is 9.53 Å². The number of halogens is 1. The molecule has 2 fully saturated rings. The second-order valence-corrected chi connectivity index (χ2v) is 7.96. The molecule has 2 saturated carbocycles. The van der Waals surface area contributed by atoms with E-state index in [4.69, 9.17) is 15.2 Å². The van der Waals surface area contributed by atoms with Crippen LogP contribution in [0.5, 0.6) is 5.75 Å². The van der Waals surface area contributed by atoms with Crippen LogP contribution >= 0.6 is 0 Å². The van der Waals surface area contributed by atoms with E-state index in [1.807, 2.05) is 20.8 Å². The number of anilines is 1. The maximum atomic E-state index is 14.3. The minimum atomic E-state index is -1.04. The molecule has 144 valence electrons. The van der Waals surface area contributed by atoms with Gasteiger partial charge in [-0.15, -0.1) is 0 Å². The third-order valence-electron chi connectivity index (χ3n) is 6.02. The first-order valence-corrected chi connectivity index (χ1v) is 9.46. The summed E-state index contributed by atoms with van der Waals surface area (Å²) in [5.74, 6) is -0.555. The fourth-order valence-corrected chi connectivity index (χ4v) is 3.92. The highest BCUT2D eigenvalue weighted by molar-refractivity contribution is 5.99. The molecule has 2 aliphatic carbocycles. The molecule has 3 N–H and O–H groups in total. The molecule has 2 aliphatic rings. The molecule has 1 amide bonds. The van der Waals surface area contributed by atoms with Crippen molar-refractivity contribution in [1.29, 1.82) is 0 Å². The Balaban J connectivity index is 1.65. The zero-order valence-electron chi connectivity index (χ0n) is 15.8. The Morgan fingerprint density at radius 2 is 2.04 bits per heavy atom. The van der Waals surface area contributed by atoms with Gasteiger partial charge in [0.25, 0.3) is 0 Å². The molecule has 1 aromatic carbocycles. The molecule has 0 radical (unpaired) electrons. The lowest BCUT2D eigenvalue weighted by atomic mass is 9.54. The molecule has 0 heterocycles. The number of ether oxygens (including phenoxy) is 2. The van der Waals surface area contributed by atoms with Gasteiger partial charge in [0, 0.05) is 30.2 Å². The van der Waals surface area contributed by atoms with E-state index in [2.05, 4.69) is 5.32 Å². The molecule has 5 nitrogen and oxygen atoms in total. The maximum Gasteiger partial charge on any atom is 0.245 e. The summed E-state index contributed by atoms with van der Waals surface area (Å²) < 4.78 is 25.7. The van der Waals surface area contributed by atoms with Crippen molar-refractivity contribution in [1.82, 2.24) is 0 Å². The van der Waals surface area contributed by atoms with Gasteiger partial charge in [-0.05, 0) is 44.7 Å². The fraction of sp³-hybridized carbons (Fsp3) is 0.650. The quantitative estimate of drug-likeness (QED) is 0.809. The molecule has 2 unspecified atom stereocenters. The third-order valence-corrected chi connectivity index (χ3v) is 6.02. The van der Waals surface area contributed by atoms with Crippen molar-refractivity contribution in [2.45, 2.75) is 70.6 Å². The second kappa shape index (κ2) is 7.16. The lowest BCUT2D eigenvalue weighted by Gasteiger charge is -2.57. The minimum absolute atomic E-state index is 0.0535. The highest BCUT2D eigenvalue weighted by Gasteiger charge is 2.62. The average Bonchev–Trinajstić information content (AvgIpc) is 3.10. The number of carbonyl (C=O) groups excluding carboxylic acids is 1. The zero-order chi connectivity index (χ0) is 18.9. The number of hydrogen-bond acceptors (Lipinski definition) is 4. The van der Waals surface area contributed by atoms with E-state index in [1.54, 1.807) is 12.1 Å². The Labute approximate surface area is 154 Å². The lowest BCUT2D eigenvalue weighted by molar-refractivity contribution is -0.166. The van der Waals surface area contributed by atoms with Crippen molar-refractivity contribution in [2.24, 2.45) is 11.1 Å². The highest BCUT2D eigenvalue weighted by atomic mass is 19.1. The van der Waals surface area contributed by atoms with Gasteiger partial charge >= 0.3 is 0 Å². The summed E-state index contributed by atoms with van der Waals surface area (Å²) in [4.78, 5) is 12.7. The fourth-order valence-electron chi connectivity index (χ4n) is 3.92. The molecular formula is C20H29FN2O3. The van der Waals surface area contributed by atoms with E-state index in [0.29, 0.717) is 18.7 Å². The molecule has 0 aliphatic heterocycles. The van der Waals surface area contributed by atoms with Crippen molar-refractivity contribution < 1.29 is 18.7 Å². The highest BCUT2D eigenvalue weighted by Crippen LogP contribution is 2.50. The predicted molar refractivity (Wildman–Crippen MR) is 98.6 cm³/mol. The van der Waals surface area contributed by atoms with Crippen molar-refractivity contribution in [2.75, 3.05) is 11.9 Å². The standard InChI is InChI=1S/C20H29FN2O3/c1-4-25-17-12-20(22,19(17,2)3)18(24)23-13-9-10-16(15(21)11-13)26-14-7-5-6-8-14/h9-11,14,17H,4-8,12,22H2,1-3H3,(H,23,24). The van der Waals surface area contributed by atoms with Gasteiger partial charge in [-0.25, -0.2) is 4.39 Å². The van der Waals surface area contributed by atoms with E-state index >= 15 is 0 Å². The van der Waals surface area contributed by atoms with Crippen LogP contribution in [0.4, 0.5) is 10.1 Å². The Kier molecular flexibility index (Phi) is 5.26. The summed E-state index contributed by atoms with van der Waals surface area (Å²) in [6.07, 6.45) is 4.65. The summed E-state index contributed by atoms with van der Waals surface area (Å²) in [6, 6.07) is 4.51. The summed E-state index contributed by atoms with van der Waals surface area (Å²) in [5, 5.41) is 2.75. The number of rotatable bonds is 6. The molecule has 6 heteroatoms. The third kappa shape index (κ3) is 3.32. The van der Waals surface area contributed by atoms with E-state index in [1.165, 1.54) is 6.07 Å². The Hall–Kier alpha value is -1.66. The van der Waals surface area contributed by atoms with Gasteiger partial charge in [0.2, 0.25) is 5.91 Å². The van der Waals surface area contributed by atoms with Gasteiger partial charge in [0.1, 0.15) is 5.54 Å². The molecule has 26 heavy (non-hydrogen) atoms. The van der Waals surface area contributed by atoms with Crippen LogP contribution in [0.3, 0.4) is 0 Å². The number of carbonyl (C=O) groups is 1. The monoisotopic (exact) mass is 364 g/mol. The first-order valence-electron chi connectivity index (χ1n) is 9.46. The van der Waals surface area contributed by atoms with Crippen LogP contribution in [0.1, 0.15) is 52.9 Å². The van der Waals surface area contributed by atoms with Crippen molar-refractivity contribution >= 4 is 11.6 Å².